The quantitative estimate of drug-likeness (QED) is 0.879. The Kier molecular flexibility index (Phi) is 3.05. The normalized spacial score (nSPS) is 20.4. The molecule has 0 bridgehead atoms. The molecule has 1 N–H and O–H groups in total. The molecule has 2 rings (SSSR count). The Labute approximate surface area is 96.0 Å². The molecule has 1 atom stereocenters. The lowest BCUT2D eigenvalue weighted by molar-refractivity contribution is -0.122. The van der Waals surface area contributed by atoms with Crippen molar-refractivity contribution in [2.45, 2.75) is 12.8 Å². The van der Waals surface area contributed by atoms with Crippen LogP contribution in [0.25, 0.3) is 0 Å². The highest BCUT2D eigenvalue weighted by Crippen LogP contribution is 2.25. The van der Waals surface area contributed by atoms with Crippen molar-refractivity contribution in [1.29, 1.82) is 0 Å². The van der Waals surface area contributed by atoms with Crippen LogP contribution < -0.4 is 5.32 Å². The van der Waals surface area contributed by atoms with E-state index in [1.165, 1.54) is 6.07 Å². The number of nitrogens with one attached hydrogen (secondary N) is 1. The van der Waals surface area contributed by atoms with E-state index in [1.54, 1.807) is 6.07 Å². The molecule has 0 aromatic heterocycles. The highest BCUT2D eigenvalue weighted by molar-refractivity contribution is 9.10. The van der Waals surface area contributed by atoms with Crippen molar-refractivity contribution >= 4 is 21.8 Å². The molecule has 1 aromatic rings. The van der Waals surface area contributed by atoms with Gasteiger partial charge in [-0.15, -0.1) is 0 Å². The van der Waals surface area contributed by atoms with Gasteiger partial charge in [0.15, 0.2) is 0 Å². The average molecular weight is 272 g/mol. The molecule has 0 spiro atoms. The zero-order chi connectivity index (χ0) is 10.8. The summed E-state index contributed by atoms with van der Waals surface area (Å²) < 4.78 is 13.7. The van der Waals surface area contributed by atoms with Gasteiger partial charge in [-0.2, -0.15) is 0 Å². The second-order valence-corrected chi connectivity index (χ2v) is 4.49. The third kappa shape index (κ3) is 2.20. The number of carbonyl (C=O) groups is 1. The van der Waals surface area contributed by atoms with Crippen molar-refractivity contribution in [1.82, 2.24) is 5.32 Å². The number of rotatable bonds is 2. The molecule has 0 radical (unpaired) electrons. The van der Waals surface area contributed by atoms with Gasteiger partial charge in [-0.05, 0) is 40.4 Å². The molecule has 1 aromatic carbocycles. The van der Waals surface area contributed by atoms with Crippen LogP contribution in [-0.4, -0.2) is 12.5 Å². The zero-order valence-corrected chi connectivity index (χ0v) is 9.68. The van der Waals surface area contributed by atoms with E-state index in [9.17, 15) is 9.18 Å². The van der Waals surface area contributed by atoms with Gasteiger partial charge in [-0.3, -0.25) is 4.79 Å². The Balaban J connectivity index is 2.17. The summed E-state index contributed by atoms with van der Waals surface area (Å²) >= 11 is 3.20. The third-order valence-corrected chi connectivity index (χ3v) is 3.55. The number of carbonyl (C=O) groups excluding carboxylic acids is 1. The lowest BCUT2D eigenvalue weighted by Gasteiger charge is -2.08. The van der Waals surface area contributed by atoms with Gasteiger partial charge in [0.2, 0.25) is 5.91 Å². The molecular weight excluding hydrogens is 261 g/mol. The first-order valence-electron chi connectivity index (χ1n) is 4.89. The predicted octanol–water partition coefficient (Wildman–Crippen LogP) is 2.27. The topological polar surface area (TPSA) is 29.1 Å². The van der Waals surface area contributed by atoms with Gasteiger partial charge in [-0.25, -0.2) is 4.39 Å². The summed E-state index contributed by atoms with van der Waals surface area (Å²) in [6.07, 6.45) is 1.44. The van der Waals surface area contributed by atoms with E-state index in [4.69, 9.17) is 0 Å². The highest BCUT2D eigenvalue weighted by Gasteiger charge is 2.25. The Morgan fingerprint density at radius 3 is 3.00 bits per heavy atom. The first kappa shape index (κ1) is 10.6. The van der Waals surface area contributed by atoms with Crippen LogP contribution in [0.1, 0.15) is 12.0 Å². The molecule has 15 heavy (non-hydrogen) atoms. The van der Waals surface area contributed by atoms with E-state index >= 15 is 0 Å². The summed E-state index contributed by atoms with van der Waals surface area (Å²) in [6, 6.07) is 4.92. The minimum absolute atomic E-state index is 0.0110. The first-order valence-corrected chi connectivity index (χ1v) is 5.68. The summed E-state index contributed by atoms with van der Waals surface area (Å²) in [7, 11) is 0. The fourth-order valence-electron chi connectivity index (χ4n) is 1.81. The van der Waals surface area contributed by atoms with Gasteiger partial charge >= 0.3 is 0 Å². The number of hydrogen-bond donors (Lipinski definition) is 1. The van der Waals surface area contributed by atoms with Crippen LogP contribution in [0.3, 0.4) is 0 Å². The molecule has 4 heteroatoms. The van der Waals surface area contributed by atoms with Crippen molar-refractivity contribution in [2.24, 2.45) is 5.92 Å². The molecule has 80 valence electrons. The molecule has 1 fully saturated rings. The summed E-state index contributed by atoms with van der Waals surface area (Å²) in [5.41, 5.74) is 0.858. The summed E-state index contributed by atoms with van der Waals surface area (Å²) in [6.45, 7) is 0.733. The lowest BCUT2D eigenvalue weighted by Crippen LogP contribution is -2.20. The van der Waals surface area contributed by atoms with Crippen molar-refractivity contribution in [3.8, 4) is 0 Å². The standard InChI is InChI=1S/C11H11BrFNO/c12-10-7(2-1-3-9(10)13)6-8-4-5-14-11(8)15/h1-3,8H,4-6H2,(H,14,15). The highest BCUT2D eigenvalue weighted by atomic mass is 79.9. The Morgan fingerprint density at radius 2 is 2.33 bits per heavy atom. The fourth-order valence-corrected chi connectivity index (χ4v) is 2.24. The third-order valence-electron chi connectivity index (χ3n) is 2.66. The molecular formula is C11H11BrFNO. The smallest absolute Gasteiger partial charge is 0.223 e. The minimum Gasteiger partial charge on any atom is -0.356 e. The molecule has 1 saturated heterocycles. The van der Waals surface area contributed by atoms with Crippen LogP contribution in [0, 0.1) is 11.7 Å². The van der Waals surface area contributed by atoms with E-state index in [-0.39, 0.29) is 17.6 Å². The van der Waals surface area contributed by atoms with Gasteiger partial charge in [0.05, 0.1) is 4.47 Å². The molecule has 0 aliphatic carbocycles. The maximum atomic E-state index is 13.2. The number of halogens is 2. The Morgan fingerprint density at radius 1 is 1.53 bits per heavy atom. The van der Waals surface area contributed by atoms with E-state index in [2.05, 4.69) is 21.2 Å². The minimum atomic E-state index is -0.272. The molecule has 1 amide bonds. The second kappa shape index (κ2) is 4.31. The van der Waals surface area contributed by atoms with Crippen LogP contribution in [-0.2, 0) is 11.2 Å². The maximum Gasteiger partial charge on any atom is 0.223 e. The van der Waals surface area contributed by atoms with Crippen LogP contribution in [0.15, 0.2) is 22.7 Å². The summed E-state index contributed by atoms with van der Waals surface area (Å²) in [5.74, 6) is -0.208. The lowest BCUT2D eigenvalue weighted by atomic mass is 9.98. The van der Waals surface area contributed by atoms with Crippen molar-refractivity contribution in [3.05, 3.63) is 34.1 Å². The van der Waals surface area contributed by atoms with Crippen molar-refractivity contribution in [3.63, 3.8) is 0 Å². The predicted molar refractivity (Wildman–Crippen MR) is 58.9 cm³/mol. The Bertz CT molecular complexity index is 394. The van der Waals surface area contributed by atoms with Gasteiger partial charge in [0, 0.05) is 12.5 Å². The van der Waals surface area contributed by atoms with Crippen LogP contribution >= 0.6 is 15.9 Å². The van der Waals surface area contributed by atoms with Gasteiger partial charge in [-0.1, -0.05) is 12.1 Å². The molecule has 1 aliphatic rings. The zero-order valence-electron chi connectivity index (χ0n) is 8.09. The summed E-state index contributed by atoms with van der Waals surface area (Å²) in [4.78, 5) is 11.4. The molecule has 1 aliphatic heterocycles. The number of amides is 1. The SMILES string of the molecule is O=C1NCCC1Cc1cccc(F)c1Br. The van der Waals surface area contributed by atoms with E-state index < -0.39 is 0 Å². The van der Waals surface area contributed by atoms with Gasteiger partial charge in [0.25, 0.3) is 0 Å². The second-order valence-electron chi connectivity index (χ2n) is 3.69. The number of hydrogen-bond acceptors (Lipinski definition) is 1. The van der Waals surface area contributed by atoms with Crippen LogP contribution in [0.4, 0.5) is 4.39 Å². The molecule has 2 nitrogen and oxygen atoms in total. The summed E-state index contributed by atoms with van der Waals surface area (Å²) in [5, 5.41) is 2.78. The molecule has 1 unspecified atom stereocenters. The maximum absolute atomic E-state index is 13.2. The van der Waals surface area contributed by atoms with Crippen molar-refractivity contribution in [2.75, 3.05) is 6.54 Å². The average Bonchev–Trinajstić information content (AvgIpc) is 2.60. The van der Waals surface area contributed by atoms with Crippen LogP contribution in [0.5, 0.6) is 0 Å². The molecule has 1 heterocycles. The van der Waals surface area contributed by atoms with E-state index in [0.29, 0.717) is 10.9 Å². The van der Waals surface area contributed by atoms with Crippen LogP contribution in [0.2, 0.25) is 0 Å². The largest absolute Gasteiger partial charge is 0.356 e. The Hall–Kier alpha value is -0.900. The van der Waals surface area contributed by atoms with E-state index in [1.807, 2.05) is 6.07 Å². The molecule has 0 saturated carbocycles. The monoisotopic (exact) mass is 271 g/mol. The van der Waals surface area contributed by atoms with E-state index in [0.717, 1.165) is 18.5 Å². The number of benzene rings is 1. The first-order chi connectivity index (χ1) is 7.18. The van der Waals surface area contributed by atoms with Gasteiger partial charge in [0.1, 0.15) is 5.82 Å². The fraction of sp³-hybridized carbons (Fsp3) is 0.364. The van der Waals surface area contributed by atoms with Crippen molar-refractivity contribution < 1.29 is 9.18 Å². The van der Waals surface area contributed by atoms with Gasteiger partial charge < -0.3 is 5.32 Å².